The Balaban J connectivity index is 1.83. The fourth-order valence-corrected chi connectivity index (χ4v) is 2.85. The maximum Gasteiger partial charge on any atom is 0.234 e. The SMILES string of the molecule is Cc1ccc(C(=O)Cn2c3ccccc3n3nc(C)nc23)cc1. The van der Waals surface area contributed by atoms with Crippen LogP contribution in [0, 0.1) is 13.8 Å². The van der Waals surface area contributed by atoms with Crippen LogP contribution in [-0.2, 0) is 6.54 Å². The number of Topliss-reactive ketones (excluding diaryl/α,β-unsaturated/α-hetero) is 1. The molecule has 2 aromatic carbocycles. The molecule has 0 radical (unpaired) electrons. The second kappa shape index (κ2) is 5.05. The zero-order chi connectivity index (χ0) is 16.0. The van der Waals surface area contributed by atoms with E-state index in [9.17, 15) is 4.79 Å². The second-order valence-corrected chi connectivity index (χ2v) is 5.73. The summed E-state index contributed by atoms with van der Waals surface area (Å²) < 4.78 is 3.73. The van der Waals surface area contributed by atoms with Gasteiger partial charge in [0, 0.05) is 5.56 Å². The summed E-state index contributed by atoms with van der Waals surface area (Å²) in [6.07, 6.45) is 0. The Bertz CT molecular complexity index is 1020. The van der Waals surface area contributed by atoms with Crippen molar-refractivity contribution in [3.8, 4) is 0 Å². The van der Waals surface area contributed by atoms with Gasteiger partial charge < -0.3 is 4.57 Å². The van der Waals surface area contributed by atoms with Gasteiger partial charge in [0.25, 0.3) is 0 Å². The van der Waals surface area contributed by atoms with E-state index in [1.807, 2.05) is 66.9 Å². The minimum atomic E-state index is 0.0638. The number of fused-ring (bicyclic) bond motifs is 3. The molecule has 0 unspecified atom stereocenters. The highest BCUT2D eigenvalue weighted by Crippen LogP contribution is 2.20. The number of para-hydroxylation sites is 2. The molecular formula is C18H16N4O. The molecule has 5 nitrogen and oxygen atoms in total. The number of benzene rings is 2. The van der Waals surface area contributed by atoms with Gasteiger partial charge in [0.2, 0.25) is 5.78 Å². The van der Waals surface area contributed by atoms with Gasteiger partial charge in [-0.15, -0.1) is 5.10 Å². The molecule has 2 heterocycles. The molecule has 0 atom stereocenters. The first kappa shape index (κ1) is 13.7. The first-order valence-electron chi connectivity index (χ1n) is 7.54. The third kappa shape index (κ3) is 2.21. The number of hydrogen-bond acceptors (Lipinski definition) is 3. The number of aromatic nitrogens is 4. The summed E-state index contributed by atoms with van der Waals surface area (Å²) in [5.74, 6) is 1.46. The van der Waals surface area contributed by atoms with Crippen molar-refractivity contribution in [1.82, 2.24) is 19.2 Å². The van der Waals surface area contributed by atoms with E-state index in [2.05, 4.69) is 10.1 Å². The lowest BCUT2D eigenvalue weighted by atomic mass is 10.1. The lowest BCUT2D eigenvalue weighted by molar-refractivity contribution is 0.0974. The maximum absolute atomic E-state index is 12.6. The van der Waals surface area contributed by atoms with Crippen molar-refractivity contribution in [1.29, 1.82) is 0 Å². The fraction of sp³-hybridized carbons (Fsp3) is 0.167. The number of carbonyl (C=O) groups is 1. The first-order chi connectivity index (χ1) is 11.1. The van der Waals surface area contributed by atoms with Crippen molar-refractivity contribution in [2.75, 3.05) is 0 Å². The van der Waals surface area contributed by atoms with Crippen molar-refractivity contribution >= 4 is 22.6 Å². The molecule has 2 aromatic heterocycles. The summed E-state index contributed by atoms with van der Waals surface area (Å²) in [5, 5.41) is 4.43. The monoisotopic (exact) mass is 304 g/mol. The van der Waals surface area contributed by atoms with Gasteiger partial charge in [-0.1, -0.05) is 42.0 Å². The molecule has 0 aliphatic heterocycles. The number of hydrogen-bond donors (Lipinski definition) is 0. The van der Waals surface area contributed by atoms with Crippen molar-refractivity contribution in [2.45, 2.75) is 20.4 Å². The summed E-state index contributed by atoms with van der Waals surface area (Å²) >= 11 is 0. The molecular weight excluding hydrogens is 288 g/mol. The normalized spacial score (nSPS) is 11.4. The highest BCUT2D eigenvalue weighted by molar-refractivity contribution is 5.97. The summed E-state index contributed by atoms with van der Waals surface area (Å²) in [7, 11) is 0. The van der Waals surface area contributed by atoms with Crippen LogP contribution in [0.3, 0.4) is 0 Å². The molecule has 0 saturated carbocycles. The summed E-state index contributed by atoms with van der Waals surface area (Å²) in [4.78, 5) is 17.1. The van der Waals surface area contributed by atoms with Gasteiger partial charge in [-0.3, -0.25) is 4.79 Å². The number of carbonyl (C=O) groups excluding carboxylic acids is 1. The Morgan fingerprint density at radius 2 is 1.70 bits per heavy atom. The van der Waals surface area contributed by atoms with Gasteiger partial charge in [0.1, 0.15) is 5.82 Å². The van der Waals surface area contributed by atoms with Crippen LogP contribution in [0.15, 0.2) is 48.5 Å². The molecule has 0 aliphatic rings. The smallest absolute Gasteiger partial charge is 0.234 e. The van der Waals surface area contributed by atoms with Crippen LogP contribution in [-0.4, -0.2) is 24.9 Å². The number of aryl methyl sites for hydroxylation is 2. The van der Waals surface area contributed by atoms with Crippen molar-refractivity contribution in [2.24, 2.45) is 0 Å². The molecule has 23 heavy (non-hydrogen) atoms. The lowest BCUT2D eigenvalue weighted by Crippen LogP contribution is -2.10. The van der Waals surface area contributed by atoms with Crippen LogP contribution < -0.4 is 0 Å². The van der Waals surface area contributed by atoms with E-state index >= 15 is 0 Å². The summed E-state index contributed by atoms with van der Waals surface area (Å²) in [5.41, 5.74) is 3.77. The predicted octanol–water partition coefficient (Wildman–Crippen LogP) is 3.18. The van der Waals surface area contributed by atoms with Gasteiger partial charge in [-0.2, -0.15) is 9.50 Å². The Labute approximate surface area is 133 Å². The Hall–Kier alpha value is -2.95. The molecule has 4 rings (SSSR count). The van der Waals surface area contributed by atoms with E-state index in [4.69, 9.17) is 0 Å². The average molecular weight is 304 g/mol. The minimum absolute atomic E-state index is 0.0638. The van der Waals surface area contributed by atoms with E-state index in [-0.39, 0.29) is 12.3 Å². The minimum Gasteiger partial charge on any atom is -0.300 e. The van der Waals surface area contributed by atoms with Gasteiger partial charge in [-0.05, 0) is 26.0 Å². The second-order valence-electron chi connectivity index (χ2n) is 5.73. The Morgan fingerprint density at radius 1 is 1.00 bits per heavy atom. The standard InChI is InChI=1S/C18H16N4O/c1-12-7-9-14(10-8-12)17(23)11-21-15-5-3-4-6-16(15)22-18(21)19-13(2)20-22/h3-10H,11H2,1-2H3. The van der Waals surface area contributed by atoms with Gasteiger partial charge in [0.05, 0.1) is 17.6 Å². The molecule has 114 valence electrons. The molecule has 0 saturated heterocycles. The molecule has 5 heteroatoms. The maximum atomic E-state index is 12.6. The van der Waals surface area contributed by atoms with Crippen molar-refractivity contribution in [3.05, 3.63) is 65.5 Å². The van der Waals surface area contributed by atoms with Crippen LogP contribution in [0.5, 0.6) is 0 Å². The number of rotatable bonds is 3. The van der Waals surface area contributed by atoms with E-state index in [1.54, 1.807) is 4.52 Å². The fourth-order valence-electron chi connectivity index (χ4n) is 2.85. The molecule has 0 amide bonds. The molecule has 0 spiro atoms. The highest BCUT2D eigenvalue weighted by Gasteiger charge is 2.16. The van der Waals surface area contributed by atoms with E-state index in [0.29, 0.717) is 17.2 Å². The van der Waals surface area contributed by atoms with E-state index in [1.165, 1.54) is 0 Å². The molecule has 4 aromatic rings. The molecule has 0 N–H and O–H groups in total. The molecule has 0 bridgehead atoms. The Morgan fingerprint density at radius 3 is 2.43 bits per heavy atom. The number of nitrogens with zero attached hydrogens (tertiary/aromatic N) is 4. The predicted molar refractivity (Wildman–Crippen MR) is 88.7 cm³/mol. The van der Waals surface area contributed by atoms with Crippen LogP contribution in [0.1, 0.15) is 21.7 Å². The van der Waals surface area contributed by atoms with Crippen molar-refractivity contribution in [3.63, 3.8) is 0 Å². The first-order valence-corrected chi connectivity index (χ1v) is 7.54. The zero-order valence-corrected chi connectivity index (χ0v) is 13.0. The van der Waals surface area contributed by atoms with Crippen LogP contribution in [0.4, 0.5) is 0 Å². The van der Waals surface area contributed by atoms with Gasteiger partial charge in [0.15, 0.2) is 5.78 Å². The molecule has 0 fully saturated rings. The van der Waals surface area contributed by atoms with Crippen LogP contribution >= 0.6 is 0 Å². The highest BCUT2D eigenvalue weighted by atomic mass is 16.1. The molecule has 0 aliphatic carbocycles. The van der Waals surface area contributed by atoms with Crippen LogP contribution in [0.2, 0.25) is 0 Å². The van der Waals surface area contributed by atoms with Crippen LogP contribution in [0.25, 0.3) is 16.8 Å². The zero-order valence-electron chi connectivity index (χ0n) is 13.0. The Kier molecular flexibility index (Phi) is 3.01. The average Bonchev–Trinajstić information content (AvgIpc) is 3.05. The van der Waals surface area contributed by atoms with E-state index < -0.39 is 0 Å². The van der Waals surface area contributed by atoms with Crippen molar-refractivity contribution < 1.29 is 4.79 Å². The summed E-state index contributed by atoms with van der Waals surface area (Å²) in [6.45, 7) is 4.11. The largest absolute Gasteiger partial charge is 0.300 e. The topological polar surface area (TPSA) is 52.2 Å². The summed E-state index contributed by atoms with van der Waals surface area (Å²) in [6, 6.07) is 15.6. The van der Waals surface area contributed by atoms with Gasteiger partial charge >= 0.3 is 0 Å². The van der Waals surface area contributed by atoms with E-state index in [0.717, 1.165) is 16.6 Å². The number of imidazole rings is 1. The third-order valence-electron chi connectivity index (χ3n) is 4.01. The lowest BCUT2D eigenvalue weighted by Gasteiger charge is -2.05. The third-order valence-corrected chi connectivity index (χ3v) is 4.01. The quantitative estimate of drug-likeness (QED) is 0.546. The number of ketones is 1. The van der Waals surface area contributed by atoms with Gasteiger partial charge in [-0.25, -0.2) is 0 Å².